The van der Waals surface area contributed by atoms with Crippen LogP contribution in [0.4, 0.5) is 4.39 Å². The Morgan fingerprint density at radius 2 is 2.11 bits per heavy atom. The first kappa shape index (κ1) is 20.6. The minimum atomic E-state index is -0.214. The fourth-order valence-corrected chi connectivity index (χ4v) is 3.49. The molecule has 0 unspecified atom stereocenters. The van der Waals surface area contributed by atoms with Crippen molar-refractivity contribution in [3.8, 4) is 0 Å². The molecule has 7 heteroatoms. The molecular weight excluding hydrogens is 357 g/mol. The highest BCUT2D eigenvalue weighted by atomic mass is 19.1. The van der Waals surface area contributed by atoms with Crippen LogP contribution in [-0.4, -0.2) is 68.3 Å². The fourth-order valence-electron chi connectivity index (χ4n) is 3.49. The summed E-state index contributed by atoms with van der Waals surface area (Å²) in [6, 6.07) is 4.88. The topological polar surface area (TPSA) is 64.7 Å². The van der Waals surface area contributed by atoms with E-state index in [1.807, 2.05) is 12.3 Å². The van der Waals surface area contributed by atoms with Gasteiger partial charge in [0.25, 0.3) is 0 Å². The molecule has 2 aromatic rings. The summed E-state index contributed by atoms with van der Waals surface area (Å²) in [5, 5.41) is 7.78. The quantitative estimate of drug-likeness (QED) is 0.350. The Morgan fingerprint density at radius 1 is 1.25 bits per heavy atom. The molecule has 0 aliphatic carbocycles. The molecule has 1 aliphatic heterocycles. The van der Waals surface area contributed by atoms with Gasteiger partial charge in [0, 0.05) is 49.8 Å². The molecule has 1 aromatic heterocycles. The number of fused-ring (bicyclic) bond motifs is 1. The van der Waals surface area contributed by atoms with Crippen LogP contribution in [0.2, 0.25) is 0 Å². The van der Waals surface area contributed by atoms with Crippen molar-refractivity contribution in [3.05, 3.63) is 35.8 Å². The number of nitrogens with zero attached hydrogens (tertiary/aromatic N) is 2. The summed E-state index contributed by atoms with van der Waals surface area (Å²) < 4.78 is 18.7. The maximum atomic E-state index is 13.3. The predicted octanol–water partition coefficient (Wildman–Crippen LogP) is 2.52. The number of aliphatic imine (C=N–C) groups is 1. The van der Waals surface area contributed by atoms with Crippen LogP contribution < -0.4 is 10.6 Å². The van der Waals surface area contributed by atoms with Crippen molar-refractivity contribution in [2.75, 3.05) is 52.5 Å². The summed E-state index contributed by atoms with van der Waals surface area (Å²) in [5.41, 5.74) is 2.03. The molecule has 0 radical (unpaired) electrons. The first-order chi connectivity index (χ1) is 13.8. The van der Waals surface area contributed by atoms with Gasteiger partial charge < -0.3 is 20.4 Å². The van der Waals surface area contributed by atoms with E-state index in [1.165, 1.54) is 17.7 Å². The van der Waals surface area contributed by atoms with Crippen LogP contribution in [-0.2, 0) is 11.2 Å². The summed E-state index contributed by atoms with van der Waals surface area (Å²) in [6.45, 7) is 9.47. The fraction of sp³-hybridized carbons (Fsp3) is 0.571. The van der Waals surface area contributed by atoms with E-state index in [-0.39, 0.29) is 5.82 Å². The van der Waals surface area contributed by atoms with Gasteiger partial charge in [-0.2, -0.15) is 0 Å². The third kappa shape index (κ3) is 6.21. The van der Waals surface area contributed by atoms with Crippen molar-refractivity contribution in [3.63, 3.8) is 0 Å². The van der Waals surface area contributed by atoms with Gasteiger partial charge in [-0.15, -0.1) is 0 Å². The molecule has 154 valence electrons. The number of aromatic amines is 1. The third-order valence-electron chi connectivity index (χ3n) is 5.02. The van der Waals surface area contributed by atoms with Gasteiger partial charge in [0.1, 0.15) is 5.82 Å². The molecule has 0 spiro atoms. The number of morpholine rings is 1. The number of unbranched alkanes of at least 4 members (excludes halogenated alkanes) is 1. The van der Waals surface area contributed by atoms with Crippen LogP contribution in [0, 0.1) is 5.82 Å². The second kappa shape index (κ2) is 11.0. The van der Waals surface area contributed by atoms with Gasteiger partial charge in [-0.05, 0) is 56.5 Å². The van der Waals surface area contributed by atoms with E-state index in [1.54, 1.807) is 0 Å². The second-order valence-electron chi connectivity index (χ2n) is 7.10. The monoisotopic (exact) mass is 389 g/mol. The normalized spacial score (nSPS) is 15.9. The van der Waals surface area contributed by atoms with Crippen LogP contribution in [0.15, 0.2) is 29.4 Å². The Labute approximate surface area is 166 Å². The van der Waals surface area contributed by atoms with Crippen LogP contribution in [0.5, 0.6) is 0 Å². The van der Waals surface area contributed by atoms with Gasteiger partial charge in [-0.25, -0.2) is 4.39 Å². The number of hydrogen-bond donors (Lipinski definition) is 3. The van der Waals surface area contributed by atoms with Gasteiger partial charge in [0.15, 0.2) is 5.96 Å². The number of H-pyrrole nitrogens is 1. The van der Waals surface area contributed by atoms with Crippen LogP contribution >= 0.6 is 0 Å². The van der Waals surface area contributed by atoms with E-state index < -0.39 is 0 Å². The summed E-state index contributed by atoms with van der Waals surface area (Å²) in [7, 11) is 0. The lowest BCUT2D eigenvalue weighted by atomic mass is 10.1. The van der Waals surface area contributed by atoms with Crippen molar-refractivity contribution in [1.29, 1.82) is 0 Å². The average Bonchev–Trinajstić information content (AvgIpc) is 3.10. The molecule has 0 atom stereocenters. The Kier molecular flexibility index (Phi) is 8.11. The van der Waals surface area contributed by atoms with Gasteiger partial charge in [0.2, 0.25) is 0 Å². The molecule has 1 saturated heterocycles. The highest BCUT2D eigenvalue weighted by Crippen LogP contribution is 2.19. The molecule has 1 aromatic carbocycles. The summed E-state index contributed by atoms with van der Waals surface area (Å²) >= 11 is 0. The highest BCUT2D eigenvalue weighted by molar-refractivity contribution is 5.83. The Bertz CT molecular complexity index is 754. The Hall–Kier alpha value is -2.12. The van der Waals surface area contributed by atoms with Crippen LogP contribution in [0.3, 0.4) is 0 Å². The van der Waals surface area contributed by atoms with Gasteiger partial charge in [0.05, 0.1) is 13.2 Å². The zero-order valence-electron chi connectivity index (χ0n) is 16.8. The number of guanidine groups is 1. The highest BCUT2D eigenvalue weighted by Gasteiger charge is 2.09. The molecule has 3 rings (SSSR count). The molecule has 0 bridgehead atoms. The maximum Gasteiger partial charge on any atom is 0.191 e. The molecule has 3 N–H and O–H groups in total. The number of rotatable bonds is 9. The lowest BCUT2D eigenvalue weighted by Crippen LogP contribution is -2.38. The number of aromatic nitrogens is 1. The van der Waals surface area contributed by atoms with Crippen molar-refractivity contribution in [2.24, 2.45) is 4.99 Å². The molecule has 1 aliphatic rings. The van der Waals surface area contributed by atoms with Crippen LogP contribution in [0.25, 0.3) is 10.9 Å². The second-order valence-corrected chi connectivity index (χ2v) is 7.10. The molecule has 0 amide bonds. The molecular formula is C21H32FN5O. The number of hydrogen-bond acceptors (Lipinski definition) is 3. The lowest BCUT2D eigenvalue weighted by Gasteiger charge is -2.26. The van der Waals surface area contributed by atoms with E-state index in [0.29, 0.717) is 0 Å². The summed E-state index contributed by atoms with van der Waals surface area (Å²) in [6.07, 6.45) is 5.06. The minimum absolute atomic E-state index is 0.214. The molecule has 6 nitrogen and oxygen atoms in total. The molecule has 1 fully saturated rings. The Balaban J connectivity index is 1.40. The van der Waals surface area contributed by atoms with E-state index >= 15 is 0 Å². The average molecular weight is 390 g/mol. The van der Waals surface area contributed by atoms with Crippen molar-refractivity contribution in [2.45, 2.75) is 26.2 Å². The molecule has 2 heterocycles. The van der Waals surface area contributed by atoms with E-state index in [0.717, 1.165) is 88.6 Å². The van der Waals surface area contributed by atoms with Gasteiger partial charge in [-0.3, -0.25) is 9.89 Å². The molecule has 0 saturated carbocycles. The number of nitrogens with one attached hydrogen (secondary N) is 3. The minimum Gasteiger partial charge on any atom is -0.379 e. The first-order valence-electron chi connectivity index (χ1n) is 10.3. The van der Waals surface area contributed by atoms with Crippen LogP contribution in [0.1, 0.15) is 25.3 Å². The largest absolute Gasteiger partial charge is 0.379 e. The zero-order chi connectivity index (χ0) is 19.6. The van der Waals surface area contributed by atoms with E-state index in [9.17, 15) is 4.39 Å². The van der Waals surface area contributed by atoms with Crippen molar-refractivity contribution < 1.29 is 9.13 Å². The van der Waals surface area contributed by atoms with E-state index in [2.05, 4.69) is 32.4 Å². The van der Waals surface area contributed by atoms with Gasteiger partial charge >= 0.3 is 0 Å². The third-order valence-corrected chi connectivity index (χ3v) is 5.02. The summed E-state index contributed by atoms with van der Waals surface area (Å²) in [5.74, 6) is 0.647. The number of ether oxygens (including phenoxy) is 1. The first-order valence-corrected chi connectivity index (χ1v) is 10.3. The number of halogens is 1. The van der Waals surface area contributed by atoms with Gasteiger partial charge in [-0.1, -0.05) is 0 Å². The smallest absolute Gasteiger partial charge is 0.191 e. The maximum absolute atomic E-state index is 13.3. The Morgan fingerprint density at radius 3 is 2.93 bits per heavy atom. The SMILES string of the molecule is CCNC(=NCCCCN1CCOCC1)NCCc1c[nH]c2cc(F)ccc12. The zero-order valence-corrected chi connectivity index (χ0v) is 16.8. The lowest BCUT2D eigenvalue weighted by molar-refractivity contribution is 0.0373. The standard InChI is InChI=1S/C21H32FN5O/c1-2-23-21(24-8-3-4-10-27-11-13-28-14-12-27)25-9-7-17-16-26-20-15-18(22)5-6-19(17)20/h5-6,15-16,26H,2-4,7-14H2,1H3,(H2,23,24,25). The number of benzene rings is 1. The van der Waals surface area contributed by atoms with Crippen molar-refractivity contribution in [1.82, 2.24) is 20.5 Å². The predicted molar refractivity (Wildman–Crippen MR) is 112 cm³/mol. The molecule has 28 heavy (non-hydrogen) atoms. The van der Waals surface area contributed by atoms with Crippen molar-refractivity contribution >= 4 is 16.9 Å². The van der Waals surface area contributed by atoms with E-state index in [4.69, 9.17) is 4.74 Å². The summed E-state index contributed by atoms with van der Waals surface area (Å²) in [4.78, 5) is 10.3.